The average Bonchev–Trinajstić information content (AvgIpc) is 2.65. The van der Waals surface area contributed by atoms with Crippen molar-refractivity contribution < 1.29 is 9.13 Å². The summed E-state index contributed by atoms with van der Waals surface area (Å²) in [4.78, 5) is 2.31. The zero-order valence-corrected chi connectivity index (χ0v) is 16.9. The molecule has 3 rings (SSSR count). The second-order valence-corrected chi connectivity index (χ2v) is 7.46. The van der Waals surface area contributed by atoms with Crippen molar-refractivity contribution in [3.63, 3.8) is 0 Å². The monoisotopic (exact) mass is 437 g/mol. The molecular weight excluding hydrogens is 417 g/mol. The number of morpholine rings is 1. The van der Waals surface area contributed by atoms with E-state index in [9.17, 15) is 4.39 Å². The van der Waals surface area contributed by atoms with Gasteiger partial charge in [0, 0.05) is 23.2 Å². The molecule has 0 amide bonds. The molecule has 2 N–H and O–H groups in total. The molecular formula is C19H21BrFN3OS. The van der Waals surface area contributed by atoms with Gasteiger partial charge in [-0.1, -0.05) is 28.1 Å². The van der Waals surface area contributed by atoms with E-state index in [1.54, 1.807) is 12.1 Å². The molecule has 138 valence electrons. The fourth-order valence-electron chi connectivity index (χ4n) is 2.82. The van der Waals surface area contributed by atoms with Crippen LogP contribution in [0.15, 0.2) is 46.9 Å². The van der Waals surface area contributed by atoms with Crippen LogP contribution in [-0.4, -0.2) is 31.4 Å². The summed E-state index contributed by atoms with van der Waals surface area (Å²) in [5.74, 6) is -0.356. The number of halogens is 2. The minimum absolute atomic E-state index is 0.00671. The summed E-state index contributed by atoms with van der Waals surface area (Å²) in [7, 11) is 0. The number of thiocarbonyl (C=S) groups is 1. The lowest BCUT2D eigenvalue weighted by Gasteiger charge is -2.29. The zero-order valence-electron chi connectivity index (χ0n) is 14.5. The fourth-order valence-corrected chi connectivity index (χ4v) is 3.44. The van der Waals surface area contributed by atoms with Crippen LogP contribution in [0.3, 0.4) is 0 Å². The second kappa shape index (κ2) is 8.79. The highest BCUT2D eigenvalue weighted by Gasteiger charge is 2.13. The molecule has 0 unspecified atom stereocenters. The van der Waals surface area contributed by atoms with Crippen LogP contribution in [0.25, 0.3) is 0 Å². The minimum atomic E-state index is -0.356. The zero-order chi connectivity index (χ0) is 18.5. The van der Waals surface area contributed by atoms with Gasteiger partial charge in [-0.15, -0.1) is 0 Å². The number of rotatable bonds is 4. The van der Waals surface area contributed by atoms with Crippen LogP contribution in [-0.2, 0) is 4.74 Å². The van der Waals surface area contributed by atoms with E-state index in [0.717, 1.165) is 31.9 Å². The summed E-state index contributed by atoms with van der Waals surface area (Å²) in [6, 6.07) is 13.2. The maximum atomic E-state index is 13.9. The molecule has 26 heavy (non-hydrogen) atoms. The highest BCUT2D eigenvalue weighted by Crippen LogP contribution is 2.21. The maximum absolute atomic E-state index is 13.9. The summed E-state index contributed by atoms with van der Waals surface area (Å²) in [6.45, 7) is 5.40. The Hall–Kier alpha value is -1.70. The Balaban J connectivity index is 1.58. The number of benzene rings is 2. The smallest absolute Gasteiger partial charge is 0.171 e. The molecule has 1 heterocycles. The minimum Gasteiger partial charge on any atom is -0.378 e. The largest absolute Gasteiger partial charge is 0.378 e. The molecule has 2 aromatic rings. The van der Waals surface area contributed by atoms with Gasteiger partial charge in [-0.05, 0) is 55.0 Å². The molecule has 0 aliphatic carbocycles. The molecule has 0 bridgehead atoms. The van der Waals surface area contributed by atoms with Crippen molar-refractivity contribution in [2.24, 2.45) is 0 Å². The normalized spacial score (nSPS) is 15.4. The van der Waals surface area contributed by atoms with Crippen molar-refractivity contribution in [3.05, 3.63) is 58.3 Å². The van der Waals surface area contributed by atoms with Crippen molar-refractivity contribution in [3.8, 4) is 0 Å². The van der Waals surface area contributed by atoms with E-state index in [1.807, 2.05) is 6.92 Å². The van der Waals surface area contributed by atoms with Gasteiger partial charge in [0.2, 0.25) is 0 Å². The fraction of sp³-hybridized carbons (Fsp3) is 0.316. The first-order chi connectivity index (χ1) is 12.5. The Kier molecular flexibility index (Phi) is 6.45. The van der Waals surface area contributed by atoms with Gasteiger partial charge in [0.1, 0.15) is 5.82 Å². The number of ether oxygens (including phenoxy) is 1. The number of hydrogen-bond acceptors (Lipinski definition) is 3. The molecule has 1 saturated heterocycles. The van der Waals surface area contributed by atoms with Crippen LogP contribution in [0, 0.1) is 5.82 Å². The third-order valence-electron chi connectivity index (χ3n) is 4.30. The van der Waals surface area contributed by atoms with Gasteiger partial charge in [-0.25, -0.2) is 4.39 Å². The summed E-state index contributed by atoms with van der Waals surface area (Å²) in [5.41, 5.74) is 2.66. The number of nitrogens with zero attached hydrogens (tertiary/aromatic N) is 1. The Morgan fingerprint density at radius 1 is 1.19 bits per heavy atom. The topological polar surface area (TPSA) is 36.5 Å². The molecule has 7 heteroatoms. The van der Waals surface area contributed by atoms with Gasteiger partial charge in [0.05, 0.1) is 24.9 Å². The van der Waals surface area contributed by atoms with Gasteiger partial charge in [-0.2, -0.15) is 0 Å². The van der Waals surface area contributed by atoms with E-state index in [-0.39, 0.29) is 11.9 Å². The molecule has 0 saturated carbocycles. The molecule has 0 spiro atoms. The maximum Gasteiger partial charge on any atom is 0.171 e. The van der Waals surface area contributed by atoms with Gasteiger partial charge >= 0.3 is 0 Å². The molecule has 1 fully saturated rings. The van der Waals surface area contributed by atoms with Gasteiger partial charge in [-0.3, -0.25) is 0 Å². The van der Waals surface area contributed by atoms with Crippen LogP contribution in [0.4, 0.5) is 15.8 Å². The van der Waals surface area contributed by atoms with E-state index in [2.05, 4.69) is 55.7 Å². The third-order valence-corrected chi connectivity index (χ3v) is 5.01. The van der Waals surface area contributed by atoms with E-state index in [0.29, 0.717) is 15.3 Å². The number of nitrogens with one attached hydrogen (secondary N) is 2. The molecule has 0 radical (unpaired) electrons. The number of anilines is 2. The van der Waals surface area contributed by atoms with E-state index in [1.165, 1.54) is 11.8 Å². The van der Waals surface area contributed by atoms with Crippen molar-refractivity contribution in [2.45, 2.75) is 13.0 Å². The molecule has 2 aromatic carbocycles. The standard InChI is InChI=1S/C19H21BrFN3OS/c1-13(22-19(26)23-18-7-4-15(20)12-17(18)21)14-2-5-16(6-3-14)24-8-10-25-11-9-24/h2-7,12-13H,8-11H2,1H3,(H2,22,23,26)/t13-/m0/s1. The highest BCUT2D eigenvalue weighted by atomic mass is 79.9. The molecule has 1 atom stereocenters. The van der Waals surface area contributed by atoms with Crippen LogP contribution in [0.5, 0.6) is 0 Å². The van der Waals surface area contributed by atoms with E-state index >= 15 is 0 Å². The first kappa shape index (κ1) is 19.1. The third kappa shape index (κ3) is 4.93. The first-order valence-electron chi connectivity index (χ1n) is 8.48. The summed E-state index contributed by atoms with van der Waals surface area (Å²) in [5, 5.41) is 6.48. The lowest BCUT2D eigenvalue weighted by atomic mass is 10.1. The predicted molar refractivity (Wildman–Crippen MR) is 111 cm³/mol. The molecule has 1 aliphatic heterocycles. The van der Waals surface area contributed by atoms with E-state index in [4.69, 9.17) is 17.0 Å². The van der Waals surface area contributed by atoms with Crippen molar-refractivity contribution in [2.75, 3.05) is 36.5 Å². The summed E-state index contributed by atoms with van der Waals surface area (Å²) < 4.78 is 20.0. The van der Waals surface area contributed by atoms with Gasteiger partial charge < -0.3 is 20.3 Å². The Bertz CT molecular complexity index is 766. The second-order valence-electron chi connectivity index (χ2n) is 6.14. The molecule has 1 aliphatic rings. The Labute approximate surface area is 166 Å². The molecule has 4 nitrogen and oxygen atoms in total. The lowest BCUT2D eigenvalue weighted by Crippen LogP contribution is -2.36. The van der Waals surface area contributed by atoms with Crippen molar-refractivity contribution in [1.82, 2.24) is 5.32 Å². The highest BCUT2D eigenvalue weighted by molar-refractivity contribution is 9.10. The Morgan fingerprint density at radius 2 is 1.88 bits per heavy atom. The Morgan fingerprint density at radius 3 is 2.54 bits per heavy atom. The van der Waals surface area contributed by atoms with Crippen LogP contribution < -0.4 is 15.5 Å². The van der Waals surface area contributed by atoms with Gasteiger partial charge in [0.25, 0.3) is 0 Å². The van der Waals surface area contributed by atoms with Crippen LogP contribution in [0.2, 0.25) is 0 Å². The van der Waals surface area contributed by atoms with Crippen LogP contribution >= 0.6 is 28.1 Å². The quantitative estimate of drug-likeness (QED) is 0.689. The van der Waals surface area contributed by atoms with Gasteiger partial charge in [0.15, 0.2) is 5.11 Å². The van der Waals surface area contributed by atoms with Crippen molar-refractivity contribution >= 4 is 44.6 Å². The lowest BCUT2D eigenvalue weighted by molar-refractivity contribution is 0.122. The SMILES string of the molecule is C[C@H](NC(=S)Nc1ccc(Br)cc1F)c1ccc(N2CCOCC2)cc1. The molecule has 0 aromatic heterocycles. The predicted octanol–water partition coefficient (Wildman–Crippen LogP) is 4.47. The summed E-state index contributed by atoms with van der Waals surface area (Å²) in [6.07, 6.45) is 0. The van der Waals surface area contributed by atoms with E-state index < -0.39 is 0 Å². The van der Waals surface area contributed by atoms with Crippen LogP contribution in [0.1, 0.15) is 18.5 Å². The summed E-state index contributed by atoms with van der Waals surface area (Å²) >= 11 is 8.55. The first-order valence-corrected chi connectivity index (χ1v) is 9.68. The number of hydrogen-bond donors (Lipinski definition) is 2. The van der Waals surface area contributed by atoms with Crippen molar-refractivity contribution in [1.29, 1.82) is 0 Å². The average molecular weight is 438 g/mol.